The Morgan fingerprint density at radius 1 is 1.25 bits per heavy atom. The first-order valence-electron chi connectivity index (χ1n) is 8.04. The maximum atomic E-state index is 12.3. The third kappa shape index (κ3) is 2.41. The molecule has 1 N–H and O–H groups in total. The molecule has 2 atom stereocenters. The molecule has 0 heterocycles. The highest BCUT2D eigenvalue weighted by Gasteiger charge is 2.49. The highest BCUT2D eigenvalue weighted by Crippen LogP contribution is 2.54. The quantitative estimate of drug-likeness (QED) is 0.378. The summed E-state index contributed by atoms with van der Waals surface area (Å²) in [6.07, 6.45) is 3.53. The Morgan fingerprint density at radius 2 is 2.12 bits per heavy atom. The molecular weight excluding hydrogens is 328 g/mol. The fraction of sp³-hybridized carbons (Fsp3) is 0.389. The summed E-state index contributed by atoms with van der Waals surface area (Å²) in [6.45, 7) is 2.14. The van der Waals surface area contributed by atoms with Crippen molar-refractivity contribution in [3.63, 3.8) is 0 Å². The van der Waals surface area contributed by atoms with Gasteiger partial charge >= 0.3 is 0 Å². The van der Waals surface area contributed by atoms with Crippen molar-refractivity contribution in [1.82, 2.24) is 0 Å². The molecule has 2 aliphatic carbocycles. The SMILES string of the molecule is C[C@]12CCc3c(ccc4cc(OSOOO)ccc34)C1CCC2=O. The molecule has 0 amide bonds. The van der Waals surface area contributed by atoms with Crippen molar-refractivity contribution < 1.29 is 23.6 Å². The van der Waals surface area contributed by atoms with Gasteiger partial charge in [-0.05, 0) is 59.2 Å². The van der Waals surface area contributed by atoms with E-state index in [1.165, 1.54) is 16.5 Å². The number of carbonyl (C=O) groups excluding carboxylic acids is 1. The summed E-state index contributed by atoms with van der Waals surface area (Å²) in [5.74, 6) is 1.38. The smallest absolute Gasteiger partial charge is 0.261 e. The normalized spacial score (nSPS) is 25.6. The third-order valence-corrected chi connectivity index (χ3v) is 6.04. The van der Waals surface area contributed by atoms with Gasteiger partial charge in [0.1, 0.15) is 11.5 Å². The number of hydrogen-bond donors (Lipinski definition) is 1. The summed E-state index contributed by atoms with van der Waals surface area (Å²) in [4.78, 5) is 12.3. The van der Waals surface area contributed by atoms with E-state index in [0.717, 1.165) is 24.6 Å². The molecule has 0 aromatic heterocycles. The second-order valence-corrected chi connectivity index (χ2v) is 7.18. The molecule has 0 spiro atoms. The van der Waals surface area contributed by atoms with Crippen LogP contribution in [0.1, 0.15) is 43.2 Å². The predicted molar refractivity (Wildman–Crippen MR) is 90.4 cm³/mol. The molecule has 0 radical (unpaired) electrons. The summed E-state index contributed by atoms with van der Waals surface area (Å²) >= 11 is 0.546. The standard InChI is InChI=1S/C18H18O5S/c1-18-9-8-14-13-5-3-12(21-24-23-22-20)10-11(13)2-4-15(14)16(18)6-7-17(18)19/h2-5,10,16,20H,6-9H2,1H3/t16?,18-/m0/s1. The monoisotopic (exact) mass is 346 g/mol. The third-order valence-electron chi connectivity index (χ3n) is 5.66. The summed E-state index contributed by atoms with van der Waals surface area (Å²) in [7, 11) is 0. The van der Waals surface area contributed by atoms with Crippen LogP contribution in [0.25, 0.3) is 10.8 Å². The lowest BCUT2D eigenvalue weighted by molar-refractivity contribution is -0.433. The van der Waals surface area contributed by atoms with E-state index in [9.17, 15) is 4.79 Å². The Kier molecular flexibility index (Phi) is 4.00. The van der Waals surface area contributed by atoms with Crippen LogP contribution in [0.4, 0.5) is 0 Å². The molecule has 2 aromatic carbocycles. The summed E-state index contributed by atoms with van der Waals surface area (Å²) in [5, 5.41) is 13.9. The van der Waals surface area contributed by atoms with Crippen LogP contribution in [-0.2, 0) is 20.6 Å². The molecular formula is C18H18O5S. The van der Waals surface area contributed by atoms with Crippen LogP contribution in [0.5, 0.6) is 5.75 Å². The van der Waals surface area contributed by atoms with Crippen molar-refractivity contribution in [2.45, 2.75) is 38.5 Å². The van der Waals surface area contributed by atoms with Crippen molar-refractivity contribution in [2.75, 3.05) is 0 Å². The molecule has 0 aliphatic heterocycles. The molecule has 126 valence electrons. The lowest BCUT2D eigenvalue weighted by atomic mass is 9.66. The zero-order valence-electron chi connectivity index (χ0n) is 13.3. The van der Waals surface area contributed by atoms with Crippen LogP contribution < -0.4 is 4.18 Å². The Balaban J connectivity index is 1.71. The van der Waals surface area contributed by atoms with Gasteiger partial charge in [0, 0.05) is 11.8 Å². The van der Waals surface area contributed by atoms with E-state index in [0.29, 0.717) is 36.2 Å². The molecule has 6 heteroatoms. The average Bonchev–Trinajstić information content (AvgIpc) is 2.90. The molecule has 2 aliphatic rings. The van der Waals surface area contributed by atoms with E-state index in [-0.39, 0.29) is 5.41 Å². The van der Waals surface area contributed by atoms with Gasteiger partial charge in [-0.2, -0.15) is 0 Å². The summed E-state index contributed by atoms with van der Waals surface area (Å²) in [5.41, 5.74) is 2.52. The first-order valence-corrected chi connectivity index (χ1v) is 8.70. The minimum absolute atomic E-state index is 0.179. The first kappa shape index (κ1) is 15.9. The first-order chi connectivity index (χ1) is 11.6. The molecule has 1 unspecified atom stereocenters. The lowest BCUT2D eigenvalue weighted by Crippen LogP contribution is -2.32. The van der Waals surface area contributed by atoms with E-state index in [4.69, 9.17) is 9.44 Å². The highest BCUT2D eigenvalue weighted by molar-refractivity contribution is 7.90. The van der Waals surface area contributed by atoms with Crippen molar-refractivity contribution in [1.29, 1.82) is 0 Å². The van der Waals surface area contributed by atoms with Gasteiger partial charge in [0.15, 0.2) is 0 Å². The van der Waals surface area contributed by atoms with E-state index < -0.39 is 0 Å². The highest BCUT2D eigenvalue weighted by atomic mass is 32.2. The maximum absolute atomic E-state index is 12.3. The van der Waals surface area contributed by atoms with Gasteiger partial charge in [0.2, 0.25) is 0 Å². The second-order valence-electron chi connectivity index (χ2n) is 6.74. The van der Waals surface area contributed by atoms with Gasteiger partial charge in [-0.25, -0.2) is 5.26 Å². The van der Waals surface area contributed by atoms with Gasteiger partial charge < -0.3 is 4.18 Å². The van der Waals surface area contributed by atoms with Crippen molar-refractivity contribution in [2.24, 2.45) is 5.41 Å². The van der Waals surface area contributed by atoms with Gasteiger partial charge in [-0.1, -0.05) is 34.5 Å². The number of Topliss-reactive ketones (excluding diaryl/α,β-unsaturated/α-hetero) is 1. The molecule has 0 bridgehead atoms. The number of rotatable bonds is 4. The number of fused-ring (bicyclic) bond motifs is 5. The summed E-state index contributed by atoms with van der Waals surface area (Å²) < 4.78 is 9.49. The fourth-order valence-electron chi connectivity index (χ4n) is 4.38. The predicted octanol–water partition coefficient (Wildman–Crippen LogP) is 4.60. The Morgan fingerprint density at radius 3 is 2.96 bits per heavy atom. The second kappa shape index (κ2) is 6.04. The van der Waals surface area contributed by atoms with Crippen LogP contribution in [-0.4, -0.2) is 11.0 Å². The van der Waals surface area contributed by atoms with Crippen LogP contribution in [0.2, 0.25) is 0 Å². The van der Waals surface area contributed by atoms with Gasteiger partial charge in [0.25, 0.3) is 12.3 Å². The van der Waals surface area contributed by atoms with Crippen molar-refractivity contribution >= 4 is 28.9 Å². The number of benzene rings is 2. The number of hydrogen-bond acceptors (Lipinski definition) is 6. The molecule has 24 heavy (non-hydrogen) atoms. The van der Waals surface area contributed by atoms with E-state index >= 15 is 0 Å². The minimum Gasteiger partial charge on any atom is -0.399 e. The van der Waals surface area contributed by atoms with Gasteiger partial charge in [0.05, 0.1) is 0 Å². The average molecular weight is 346 g/mol. The van der Waals surface area contributed by atoms with Crippen LogP contribution >= 0.6 is 12.3 Å². The Hall–Kier alpha value is -1.60. The number of aryl methyl sites for hydroxylation is 1. The maximum Gasteiger partial charge on any atom is 0.261 e. The van der Waals surface area contributed by atoms with Crippen LogP contribution in [0.3, 0.4) is 0 Å². The molecule has 4 rings (SSSR count). The largest absolute Gasteiger partial charge is 0.399 e. The van der Waals surface area contributed by atoms with Crippen molar-refractivity contribution in [3.05, 3.63) is 41.5 Å². The Labute approximate surface area is 144 Å². The van der Waals surface area contributed by atoms with Gasteiger partial charge in [-0.3, -0.25) is 4.79 Å². The van der Waals surface area contributed by atoms with Crippen LogP contribution in [0.15, 0.2) is 30.3 Å². The lowest BCUT2D eigenvalue weighted by Gasteiger charge is -2.37. The number of ketones is 1. The fourth-order valence-corrected chi connectivity index (χ4v) is 4.62. The van der Waals surface area contributed by atoms with Gasteiger partial charge in [-0.15, -0.1) is 0 Å². The zero-order valence-corrected chi connectivity index (χ0v) is 14.1. The topological polar surface area (TPSA) is 65.0 Å². The molecule has 1 saturated carbocycles. The zero-order chi connectivity index (χ0) is 16.7. The summed E-state index contributed by atoms with van der Waals surface area (Å²) in [6, 6.07) is 10.1. The number of carbonyl (C=O) groups is 1. The minimum atomic E-state index is -0.179. The molecule has 0 saturated heterocycles. The van der Waals surface area contributed by atoms with E-state index in [1.54, 1.807) is 0 Å². The van der Waals surface area contributed by atoms with Crippen molar-refractivity contribution in [3.8, 4) is 5.75 Å². The molecule has 1 fully saturated rings. The molecule has 2 aromatic rings. The van der Waals surface area contributed by atoms with Crippen LogP contribution in [0, 0.1) is 5.41 Å². The van der Waals surface area contributed by atoms with E-state index in [1.807, 2.05) is 18.2 Å². The Bertz CT molecular complexity index is 805. The van der Waals surface area contributed by atoms with E-state index in [2.05, 4.69) is 28.4 Å². The molecule has 5 nitrogen and oxygen atoms in total.